The van der Waals surface area contributed by atoms with Gasteiger partial charge < -0.3 is 9.84 Å². The number of ether oxygens (including phenoxy) is 1. The largest absolute Gasteiger partial charge is 0.507 e. The first-order valence-electron chi connectivity index (χ1n) is 8.80. The van der Waals surface area contributed by atoms with Gasteiger partial charge in [-0.05, 0) is 56.2 Å². The molecule has 0 fully saturated rings. The van der Waals surface area contributed by atoms with Gasteiger partial charge in [-0.2, -0.15) is 0 Å². The Hall–Kier alpha value is -1.70. The van der Waals surface area contributed by atoms with Gasteiger partial charge in [-0.3, -0.25) is 0 Å². The molecule has 23 heavy (non-hydrogen) atoms. The van der Waals surface area contributed by atoms with E-state index in [9.17, 15) is 5.11 Å². The zero-order valence-corrected chi connectivity index (χ0v) is 14.8. The first-order valence-corrected chi connectivity index (χ1v) is 8.80. The van der Waals surface area contributed by atoms with E-state index < -0.39 is 0 Å². The lowest BCUT2D eigenvalue weighted by Gasteiger charge is -2.29. The molecule has 0 amide bonds. The molecule has 126 valence electrons. The van der Waals surface area contributed by atoms with Crippen LogP contribution >= 0.6 is 0 Å². The van der Waals surface area contributed by atoms with Crippen molar-refractivity contribution in [1.29, 1.82) is 0 Å². The Morgan fingerprint density at radius 2 is 2.13 bits per heavy atom. The molecular formula is C21H30O2. The molecule has 0 unspecified atom stereocenters. The molecule has 0 saturated heterocycles. The summed E-state index contributed by atoms with van der Waals surface area (Å²) in [7, 11) is 1.69. The van der Waals surface area contributed by atoms with Crippen molar-refractivity contribution in [1.82, 2.24) is 0 Å². The van der Waals surface area contributed by atoms with E-state index in [-0.39, 0.29) is 5.92 Å². The van der Waals surface area contributed by atoms with Crippen molar-refractivity contribution in [3.63, 3.8) is 0 Å². The van der Waals surface area contributed by atoms with Gasteiger partial charge in [0.15, 0.2) is 0 Å². The van der Waals surface area contributed by atoms with E-state index in [2.05, 4.69) is 32.6 Å². The molecule has 0 radical (unpaired) electrons. The monoisotopic (exact) mass is 314 g/mol. The molecular weight excluding hydrogens is 284 g/mol. The van der Waals surface area contributed by atoms with Crippen LogP contribution in [0.2, 0.25) is 0 Å². The number of phenols is 1. The highest BCUT2D eigenvalue weighted by atomic mass is 16.5. The topological polar surface area (TPSA) is 29.5 Å². The maximum Gasteiger partial charge on any atom is 0.126 e. The highest BCUT2D eigenvalue weighted by molar-refractivity contribution is 5.52. The zero-order valence-electron chi connectivity index (χ0n) is 14.8. The SMILES string of the molecule is C=C[C@@H]1CCC(C)=C[C@H]1c1c(O)cc(CCCCC)cc1OC. The summed E-state index contributed by atoms with van der Waals surface area (Å²) < 4.78 is 5.63. The van der Waals surface area contributed by atoms with Crippen LogP contribution in [-0.2, 0) is 6.42 Å². The quantitative estimate of drug-likeness (QED) is 0.512. The minimum Gasteiger partial charge on any atom is -0.507 e. The van der Waals surface area contributed by atoms with Gasteiger partial charge in [0.25, 0.3) is 0 Å². The van der Waals surface area contributed by atoms with E-state index in [1.54, 1.807) is 7.11 Å². The summed E-state index contributed by atoms with van der Waals surface area (Å²) >= 11 is 0. The van der Waals surface area contributed by atoms with Crippen LogP contribution in [0, 0.1) is 5.92 Å². The van der Waals surface area contributed by atoms with E-state index in [1.165, 1.54) is 18.4 Å². The average Bonchev–Trinajstić information content (AvgIpc) is 2.54. The molecule has 0 aliphatic heterocycles. The molecule has 0 heterocycles. The Morgan fingerprint density at radius 3 is 2.78 bits per heavy atom. The minimum atomic E-state index is 0.154. The highest BCUT2D eigenvalue weighted by Crippen LogP contribution is 2.45. The van der Waals surface area contributed by atoms with Crippen molar-refractivity contribution in [3.8, 4) is 11.5 Å². The van der Waals surface area contributed by atoms with Crippen LogP contribution in [0.5, 0.6) is 11.5 Å². The summed E-state index contributed by atoms with van der Waals surface area (Å²) in [4.78, 5) is 0. The van der Waals surface area contributed by atoms with Gasteiger partial charge in [0.05, 0.1) is 7.11 Å². The van der Waals surface area contributed by atoms with E-state index in [0.717, 1.165) is 42.6 Å². The first-order chi connectivity index (χ1) is 11.1. The third-order valence-corrected chi connectivity index (χ3v) is 4.90. The lowest BCUT2D eigenvalue weighted by Crippen LogP contribution is -2.15. The Balaban J connectivity index is 2.37. The molecule has 2 rings (SSSR count). The van der Waals surface area contributed by atoms with Gasteiger partial charge >= 0.3 is 0 Å². The molecule has 0 aromatic heterocycles. The highest BCUT2D eigenvalue weighted by Gasteiger charge is 2.28. The third-order valence-electron chi connectivity index (χ3n) is 4.90. The van der Waals surface area contributed by atoms with E-state index in [1.807, 2.05) is 12.1 Å². The molecule has 2 nitrogen and oxygen atoms in total. The normalized spacial score (nSPS) is 20.9. The molecule has 1 aromatic carbocycles. The second-order valence-electron chi connectivity index (χ2n) is 6.67. The number of benzene rings is 1. The fourth-order valence-corrected chi connectivity index (χ4v) is 3.54. The summed E-state index contributed by atoms with van der Waals surface area (Å²) in [5.74, 6) is 1.67. The number of rotatable bonds is 7. The molecule has 0 bridgehead atoms. The summed E-state index contributed by atoms with van der Waals surface area (Å²) in [6, 6.07) is 4.02. The van der Waals surface area contributed by atoms with Crippen molar-refractivity contribution < 1.29 is 9.84 Å². The molecule has 0 saturated carbocycles. The second-order valence-corrected chi connectivity index (χ2v) is 6.67. The van der Waals surface area contributed by atoms with Crippen LogP contribution in [0.3, 0.4) is 0 Å². The molecule has 2 atom stereocenters. The number of hydrogen-bond donors (Lipinski definition) is 1. The van der Waals surface area contributed by atoms with Crippen LogP contribution in [0.1, 0.15) is 63.0 Å². The Bertz CT molecular complexity index is 571. The van der Waals surface area contributed by atoms with Crippen molar-refractivity contribution in [2.45, 2.75) is 58.3 Å². The van der Waals surface area contributed by atoms with Crippen molar-refractivity contribution >= 4 is 0 Å². The van der Waals surface area contributed by atoms with E-state index in [0.29, 0.717) is 11.7 Å². The van der Waals surface area contributed by atoms with Gasteiger partial charge in [-0.1, -0.05) is 37.5 Å². The lowest BCUT2D eigenvalue weighted by atomic mass is 9.76. The number of phenolic OH excluding ortho intramolecular Hbond substituents is 1. The number of allylic oxidation sites excluding steroid dienone is 3. The predicted octanol–water partition coefficient (Wildman–Crippen LogP) is 5.76. The Morgan fingerprint density at radius 1 is 1.35 bits per heavy atom. The molecule has 1 aliphatic carbocycles. The fraction of sp³-hybridized carbons (Fsp3) is 0.524. The van der Waals surface area contributed by atoms with Gasteiger partial charge in [0.2, 0.25) is 0 Å². The number of hydrogen-bond acceptors (Lipinski definition) is 2. The van der Waals surface area contributed by atoms with Crippen molar-refractivity contribution in [2.24, 2.45) is 5.92 Å². The van der Waals surface area contributed by atoms with Crippen LogP contribution in [0.25, 0.3) is 0 Å². The van der Waals surface area contributed by atoms with Crippen LogP contribution in [0.4, 0.5) is 0 Å². The third kappa shape index (κ3) is 4.19. The molecule has 1 aromatic rings. The summed E-state index contributed by atoms with van der Waals surface area (Å²) in [5.41, 5.74) is 3.44. The molecule has 2 heteroatoms. The number of aromatic hydroxyl groups is 1. The second kappa shape index (κ2) is 8.24. The zero-order chi connectivity index (χ0) is 16.8. The Kier molecular flexibility index (Phi) is 6.32. The number of aryl methyl sites for hydroxylation is 1. The van der Waals surface area contributed by atoms with Crippen molar-refractivity contribution in [3.05, 3.63) is 47.6 Å². The maximum atomic E-state index is 10.7. The van der Waals surface area contributed by atoms with Gasteiger partial charge in [-0.15, -0.1) is 6.58 Å². The maximum absolute atomic E-state index is 10.7. The fourth-order valence-electron chi connectivity index (χ4n) is 3.54. The summed E-state index contributed by atoms with van der Waals surface area (Å²) in [6.45, 7) is 8.35. The molecule has 1 aliphatic rings. The van der Waals surface area contributed by atoms with Crippen LogP contribution < -0.4 is 4.74 Å². The van der Waals surface area contributed by atoms with Crippen molar-refractivity contribution in [2.75, 3.05) is 7.11 Å². The predicted molar refractivity (Wildman–Crippen MR) is 97.3 cm³/mol. The standard InChI is InChI=1S/C21H30O2/c1-5-7-8-9-16-13-19(22)21(20(14-16)23-4)18-12-15(3)10-11-17(18)6-2/h6,12-14,17-18,22H,2,5,7-11H2,1,3-4H3/t17-,18-/m1/s1. The Labute approximate surface area is 140 Å². The van der Waals surface area contributed by atoms with E-state index >= 15 is 0 Å². The smallest absolute Gasteiger partial charge is 0.126 e. The van der Waals surface area contributed by atoms with Crippen LogP contribution in [0.15, 0.2) is 36.4 Å². The minimum absolute atomic E-state index is 0.154. The lowest BCUT2D eigenvalue weighted by molar-refractivity contribution is 0.384. The number of methoxy groups -OCH3 is 1. The van der Waals surface area contributed by atoms with Gasteiger partial charge in [-0.25, -0.2) is 0 Å². The average molecular weight is 314 g/mol. The number of unbranched alkanes of at least 4 members (excludes halogenated alkanes) is 2. The van der Waals surface area contributed by atoms with Gasteiger partial charge in [0, 0.05) is 11.5 Å². The molecule has 0 spiro atoms. The van der Waals surface area contributed by atoms with Gasteiger partial charge in [0.1, 0.15) is 11.5 Å². The summed E-state index contributed by atoms with van der Waals surface area (Å²) in [6.07, 6.45) is 11.0. The van der Waals surface area contributed by atoms with Crippen LogP contribution in [-0.4, -0.2) is 12.2 Å². The first kappa shape index (κ1) is 17.7. The summed E-state index contributed by atoms with van der Waals surface area (Å²) in [5, 5.41) is 10.7. The molecule has 1 N–H and O–H groups in total. The van der Waals surface area contributed by atoms with E-state index in [4.69, 9.17) is 4.74 Å².